The predicted octanol–water partition coefficient (Wildman–Crippen LogP) is 0.608. The maximum Gasteiger partial charge on any atom is 0.304 e. The molecule has 16 heavy (non-hydrogen) atoms. The first-order chi connectivity index (χ1) is 7.41. The smallest absolute Gasteiger partial charge is 0.304 e. The molecule has 0 unspecified atom stereocenters. The van der Waals surface area contributed by atoms with Gasteiger partial charge in [-0.2, -0.15) is 0 Å². The van der Waals surface area contributed by atoms with E-state index in [1.165, 1.54) is 0 Å². The summed E-state index contributed by atoms with van der Waals surface area (Å²) in [6.45, 7) is 5.24. The molecule has 0 saturated heterocycles. The second kappa shape index (κ2) is 7.62. The molecule has 0 aromatic heterocycles. The number of carboxylic acid groups (broad SMARTS) is 1. The molecule has 0 heterocycles. The number of hydrogen-bond donors (Lipinski definition) is 1. The molecule has 0 atom stereocenters. The quantitative estimate of drug-likeness (QED) is 0.650. The van der Waals surface area contributed by atoms with Crippen molar-refractivity contribution in [2.24, 2.45) is 0 Å². The number of sulfone groups is 1. The van der Waals surface area contributed by atoms with Crippen LogP contribution in [0.15, 0.2) is 0 Å². The van der Waals surface area contributed by atoms with Crippen molar-refractivity contribution in [2.75, 3.05) is 31.1 Å². The average molecular weight is 251 g/mol. The summed E-state index contributed by atoms with van der Waals surface area (Å²) >= 11 is 0. The van der Waals surface area contributed by atoms with Gasteiger partial charge in [0.2, 0.25) is 0 Å². The highest BCUT2D eigenvalue weighted by Gasteiger charge is 2.12. The van der Waals surface area contributed by atoms with Crippen LogP contribution in [0.1, 0.15) is 26.7 Å². The highest BCUT2D eigenvalue weighted by atomic mass is 32.2. The van der Waals surface area contributed by atoms with Crippen LogP contribution < -0.4 is 0 Å². The summed E-state index contributed by atoms with van der Waals surface area (Å²) in [5.41, 5.74) is 0. The molecule has 0 bridgehead atoms. The lowest BCUT2D eigenvalue weighted by Crippen LogP contribution is -2.31. The van der Waals surface area contributed by atoms with E-state index >= 15 is 0 Å². The maximum absolute atomic E-state index is 11.4. The lowest BCUT2D eigenvalue weighted by Gasteiger charge is -2.18. The van der Waals surface area contributed by atoms with Crippen molar-refractivity contribution >= 4 is 15.8 Å². The molecule has 0 aliphatic rings. The third-order valence-electron chi connectivity index (χ3n) is 2.32. The fraction of sp³-hybridized carbons (Fsp3) is 0.900. The van der Waals surface area contributed by atoms with Crippen molar-refractivity contribution in [1.82, 2.24) is 4.90 Å². The molecule has 96 valence electrons. The van der Waals surface area contributed by atoms with Crippen LogP contribution in [0.2, 0.25) is 0 Å². The Labute approximate surface area is 97.4 Å². The summed E-state index contributed by atoms with van der Waals surface area (Å²) < 4.78 is 22.9. The Morgan fingerprint density at radius 1 is 1.19 bits per heavy atom. The SMILES string of the molecule is CCCS(=O)(=O)CCN(CC)CCC(=O)O. The van der Waals surface area contributed by atoms with Crippen LogP contribution in [0.25, 0.3) is 0 Å². The molecule has 0 aliphatic heterocycles. The largest absolute Gasteiger partial charge is 0.481 e. The standard InChI is InChI=1S/C10H21NO4S/c1-3-8-16(14,15)9-7-11(4-2)6-5-10(12)13/h3-9H2,1-2H3,(H,12,13). The van der Waals surface area contributed by atoms with Gasteiger partial charge in [-0.05, 0) is 13.0 Å². The predicted molar refractivity (Wildman–Crippen MR) is 63.3 cm³/mol. The van der Waals surface area contributed by atoms with Crippen molar-refractivity contribution < 1.29 is 18.3 Å². The van der Waals surface area contributed by atoms with E-state index in [0.717, 1.165) is 0 Å². The van der Waals surface area contributed by atoms with E-state index in [1.807, 2.05) is 18.7 Å². The van der Waals surface area contributed by atoms with E-state index < -0.39 is 15.8 Å². The number of hydrogen-bond acceptors (Lipinski definition) is 4. The molecule has 0 saturated carbocycles. The second-order valence-corrected chi connectivity index (χ2v) is 6.03. The third kappa shape index (κ3) is 7.64. The van der Waals surface area contributed by atoms with Gasteiger partial charge in [0.05, 0.1) is 12.2 Å². The Balaban J connectivity index is 3.99. The highest BCUT2D eigenvalue weighted by molar-refractivity contribution is 7.91. The fourth-order valence-electron chi connectivity index (χ4n) is 1.36. The van der Waals surface area contributed by atoms with Crippen molar-refractivity contribution in [1.29, 1.82) is 0 Å². The zero-order chi connectivity index (χ0) is 12.6. The minimum Gasteiger partial charge on any atom is -0.481 e. The molecule has 0 radical (unpaired) electrons. The molecular formula is C10H21NO4S. The van der Waals surface area contributed by atoms with Gasteiger partial charge in [-0.25, -0.2) is 8.42 Å². The van der Waals surface area contributed by atoms with Gasteiger partial charge in [-0.3, -0.25) is 4.79 Å². The summed E-state index contributed by atoms with van der Waals surface area (Å²) in [7, 11) is -2.96. The first kappa shape index (κ1) is 15.4. The van der Waals surface area contributed by atoms with E-state index in [9.17, 15) is 13.2 Å². The molecular weight excluding hydrogens is 230 g/mol. The van der Waals surface area contributed by atoms with Gasteiger partial charge < -0.3 is 10.0 Å². The molecule has 6 heteroatoms. The molecule has 0 rings (SSSR count). The minimum absolute atomic E-state index is 0.0572. The Bertz CT molecular complexity index is 300. The molecule has 0 fully saturated rings. The van der Waals surface area contributed by atoms with Crippen molar-refractivity contribution in [3.8, 4) is 0 Å². The van der Waals surface area contributed by atoms with Crippen LogP contribution in [0.3, 0.4) is 0 Å². The summed E-state index contributed by atoms with van der Waals surface area (Å²) in [5.74, 6) is -0.521. The molecule has 0 aromatic rings. The Kier molecular flexibility index (Phi) is 7.33. The first-order valence-electron chi connectivity index (χ1n) is 5.55. The van der Waals surface area contributed by atoms with Crippen molar-refractivity contribution in [3.05, 3.63) is 0 Å². The molecule has 0 amide bonds. The minimum atomic E-state index is -2.96. The topological polar surface area (TPSA) is 74.7 Å². The Morgan fingerprint density at radius 2 is 1.81 bits per heavy atom. The number of carbonyl (C=O) groups is 1. The molecule has 0 aromatic carbocycles. The number of rotatable bonds is 9. The van der Waals surface area contributed by atoms with E-state index in [0.29, 0.717) is 26.1 Å². The summed E-state index contributed by atoms with van der Waals surface area (Å²) in [5, 5.41) is 8.53. The summed E-state index contributed by atoms with van der Waals surface area (Å²) in [6, 6.07) is 0. The maximum atomic E-state index is 11.4. The van der Waals surface area contributed by atoms with Crippen LogP contribution in [-0.4, -0.2) is 55.5 Å². The van der Waals surface area contributed by atoms with Gasteiger partial charge in [0, 0.05) is 18.8 Å². The monoisotopic (exact) mass is 251 g/mol. The molecule has 1 N–H and O–H groups in total. The van der Waals surface area contributed by atoms with Crippen molar-refractivity contribution in [3.63, 3.8) is 0 Å². The number of nitrogens with zero attached hydrogens (tertiary/aromatic N) is 1. The highest BCUT2D eigenvalue weighted by Crippen LogP contribution is 1.98. The normalized spacial score (nSPS) is 11.9. The zero-order valence-electron chi connectivity index (χ0n) is 9.98. The van der Waals surface area contributed by atoms with Crippen LogP contribution in [0, 0.1) is 0 Å². The first-order valence-corrected chi connectivity index (χ1v) is 7.38. The fourth-order valence-corrected chi connectivity index (χ4v) is 2.73. The second-order valence-electron chi connectivity index (χ2n) is 3.73. The van der Waals surface area contributed by atoms with Gasteiger partial charge in [0.25, 0.3) is 0 Å². The van der Waals surface area contributed by atoms with E-state index in [4.69, 9.17) is 5.11 Å². The van der Waals surface area contributed by atoms with E-state index in [2.05, 4.69) is 0 Å². The lowest BCUT2D eigenvalue weighted by atomic mass is 10.4. The molecule has 5 nitrogen and oxygen atoms in total. The zero-order valence-corrected chi connectivity index (χ0v) is 10.8. The summed E-state index contributed by atoms with van der Waals surface area (Å²) in [6.07, 6.45) is 0.686. The van der Waals surface area contributed by atoms with E-state index in [-0.39, 0.29) is 17.9 Å². The Morgan fingerprint density at radius 3 is 2.25 bits per heavy atom. The molecule has 0 aliphatic carbocycles. The van der Waals surface area contributed by atoms with Crippen molar-refractivity contribution in [2.45, 2.75) is 26.7 Å². The van der Waals surface area contributed by atoms with Gasteiger partial charge in [0.15, 0.2) is 9.84 Å². The van der Waals surface area contributed by atoms with Gasteiger partial charge >= 0.3 is 5.97 Å². The number of aliphatic carboxylic acids is 1. The Hall–Kier alpha value is -0.620. The molecule has 0 spiro atoms. The van der Waals surface area contributed by atoms with E-state index in [1.54, 1.807) is 0 Å². The number of carboxylic acids is 1. The third-order valence-corrected chi connectivity index (χ3v) is 4.16. The van der Waals surface area contributed by atoms with Gasteiger partial charge in [-0.15, -0.1) is 0 Å². The van der Waals surface area contributed by atoms with Crippen LogP contribution in [0.4, 0.5) is 0 Å². The van der Waals surface area contributed by atoms with Gasteiger partial charge in [-0.1, -0.05) is 13.8 Å². The summed E-state index contributed by atoms with van der Waals surface area (Å²) in [4.78, 5) is 12.2. The van der Waals surface area contributed by atoms with Crippen LogP contribution in [0.5, 0.6) is 0 Å². The van der Waals surface area contributed by atoms with Crippen LogP contribution in [-0.2, 0) is 14.6 Å². The van der Waals surface area contributed by atoms with Crippen LogP contribution >= 0.6 is 0 Å². The lowest BCUT2D eigenvalue weighted by molar-refractivity contribution is -0.137. The van der Waals surface area contributed by atoms with Gasteiger partial charge in [0.1, 0.15) is 0 Å². The average Bonchev–Trinajstić information content (AvgIpc) is 2.17.